The molecule has 14 atom stereocenters. The lowest BCUT2D eigenvalue weighted by molar-refractivity contribution is -0.336. The van der Waals surface area contributed by atoms with Crippen molar-refractivity contribution in [2.45, 2.75) is 134 Å². The highest BCUT2D eigenvalue weighted by atomic mass is 16.7. The van der Waals surface area contributed by atoms with Crippen LogP contribution >= 0.6 is 0 Å². The molecule has 0 bridgehead atoms. The Morgan fingerprint density at radius 2 is 1.47 bits per heavy atom. The first kappa shape index (κ1) is 30.1. The van der Waals surface area contributed by atoms with E-state index in [2.05, 4.69) is 20.8 Å². The lowest BCUT2D eigenvalue weighted by atomic mass is 9.61. The first-order valence-corrected chi connectivity index (χ1v) is 13.1. The number of ether oxygens (including phenoxy) is 4. The van der Waals surface area contributed by atoms with Crippen LogP contribution < -0.4 is 0 Å². The highest BCUT2D eigenvalue weighted by Gasteiger charge is 2.49. The van der Waals surface area contributed by atoms with E-state index in [1.165, 1.54) is 6.92 Å². The van der Waals surface area contributed by atoms with Crippen LogP contribution in [0.15, 0.2) is 0 Å². The standard InChI is InChI=1S/C25H46O11/c1-11-8-14(9-25(4,5)15(11)7-6-12(2)26)35-24-22(32)20(30)18(28)16(36-24)10-33-23-21(31)19(29)17(27)13(3)34-23/h11-24,26-32H,6-10H2,1-5H3. The zero-order chi connectivity index (χ0) is 26.9. The van der Waals surface area contributed by atoms with Crippen molar-refractivity contribution in [2.24, 2.45) is 17.3 Å². The second-order valence-electron chi connectivity index (χ2n) is 11.7. The molecule has 212 valence electrons. The third-order valence-electron chi connectivity index (χ3n) is 8.20. The molecule has 0 aromatic rings. The second kappa shape index (κ2) is 12.2. The zero-order valence-electron chi connectivity index (χ0n) is 21.9. The minimum absolute atomic E-state index is 0.0754. The number of aliphatic hydroxyl groups excluding tert-OH is 7. The van der Waals surface area contributed by atoms with Gasteiger partial charge in [0.1, 0.15) is 42.7 Å². The molecule has 2 aliphatic heterocycles. The van der Waals surface area contributed by atoms with Gasteiger partial charge in [-0.2, -0.15) is 0 Å². The molecule has 2 saturated heterocycles. The molecule has 0 radical (unpaired) electrons. The van der Waals surface area contributed by atoms with Crippen LogP contribution in [0.3, 0.4) is 0 Å². The van der Waals surface area contributed by atoms with Crippen LogP contribution in [0.25, 0.3) is 0 Å². The van der Waals surface area contributed by atoms with Gasteiger partial charge in [-0.1, -0.05) is 20.8 Å². The van der Waals surface area contributed by atoms with Crippen molar-refractivity contribution in [2.75, 3.05) is 6.61 Å². The van der Waals surface area contributed by atoms with Crippen molar-refractivity contribution < 1.29 is 54.7 Å². The SMILES string of the molecule is CC(O)CCC1C(C)CC(OC2OC(COC3OC(C)C(O)C(O)C3O)C(O)C(O)C2O)CC1(C)C. The van der Waals surface area contributed by atoms with Crippen LogP contribution in [0, 0.1) is 17.3 Å². The topological polar surface area (TPSA) is 179 Å². The smallest absolute Gasteiger partial charge is 0.186 e. The summed E-state index contributed by atoms with van der Waals surface area (Å²) in [5.41, 5.74) is -0.0754. The molecule has 3 fully saturated rings. The Bertz CT molecular complexity index is 691. The molecule has 0 spiro atoms. The van der Waals surface area contributed by atoms with E-state index in [4.69, 9.17) is 18.9 Å². The van der Waals surface area contributed by atoms with Gasteiger partial charge in [-0.25, -0.2) is 0 Å². The summed E-state index contributed by atoms with van der Waals surface area (Å²) in [7, 11) is 0. The predicted molar refractivity (Wildman–Crippen MR) is 126 cm³/mol. The third kappa shape index (κ3) is 6.76. The third-order valence-corrected chi connectivity index (χ3v) is 8.20. The van der Waals surface area contributed by atoms with Crippen molar-refractivity contribution in [3.63, 3.8) is 0 Å². The van der Waals surface area contributed by atoms with Gasteiger partial charge in [0, 0.05) is 0 Å². The van der Waals surface area contributed by atoms with Crippen molar-refractivity contribution >= 4 is 0 Å². The fraction of sp³-hybridized carbons (Fsp3) is 1.00. The molecule has 14 unspecified atom stereocenters. The molecule has 2 heterocycles. The molecule has 1 aliphatic carbocycles. The van der Waals surface area contributed by atoms with Crippen LogP contribution in [-0.4, -0.2) is 116 Å². The maximum Gasteiger partial charge on any atom is 0.186 e. The molecule has 3 rings (SSSR count). The van der Waals surface area contributed by atoms with Gasteiger partial charge in [0.25, 0.3) is 0 Å². The van der Waals surface area contributed by atoms with Crippen molar-refractivity contribution in [3.05, 3.63) is 0 Å². The Kier molecular flexibility index (Phi) is 10.2. The minimum atomic E-state index is -1.55. The van der Waals surface area contributed by atoms with E-state index in [-0.39, 0.29) is 24.2 Å². The molecule has 11 nitrogen and oxygen atoms in total. The van der Waals surface area contributed by atoms with Crippen LogP contribution in [0.2, 0.25) is 0 Å². The normalized spacial score (nSPS) is 48.5. The number of aliphatic hydroxyl groups is 7. The number of hydrogen-bond donors (Lipinski definition) is 7. The van der Waals surface area contributed by atoms with E-state index in [0.29, 0.717) is 18.3 Å². The second-order valence-corrected chi connectivity index (χ2v) is 11.7. The van der Waals surface area contributed by atoms with Gasteiger partial charge >= 0.3 is 0 Å². The summed E-state index contributed by atoms with van der Waals surface area (Å²) in [5, 5.41) is 71.1. The van der Waals surface area contributed by atoms with Crippen LogP contribution in [-0.2, 0) is 18.9 Å². The summed E-state index contributed by atoms with van der Waals surface area (Å²) >= 11 is 0. The Hall–Kier alpha value is -0.440. The van der Waals surface area contributed by atoms with Crippen molar-refractivity contribution in [3.8, 4) is 0 Å². The molecular formula is C25H46O11. The summed E-state index contributed by atoms with van der Waals surface area (Å²) in [5.74, 6) is 0.706. The van der Waals surface area contributed by atoms with E-state index < -0.39 is 61.4 Å². The lowest BCUT2D eigenvalue weighted by Gasteiger charge is -2.48. The summed E-state index contributed by atoms with van der Waals surface area (Å²) in [6, 6.07) is 0. The number of rotatable bonds is 8. The maximum atomic E-state index is 10.6. The quantitative estimate of drug-likeness (QED) is 0.213. The molecule has 0 aromatic heterocycles. The van der Waals surface area contributed by atoms with Crippen LogP contribution in [0.5, 0.6) is 0 Å². The average molecular weight is 523 g/mol. The van der Waals surface area contributed by atoms with E-state index in [1.807, 2.05) is 0 Å². The van der Waals surface area contributed by atoms with Gasteiger partial charge in [-0.15, -0.1) is 0 Å². The van der Waals surface area contributed by atoms with Crippen LogP contribution in [0.1, 0.15) is 60.3 Å². The largest absolute Gasteiger partial charge is 0.393 e. The van der Waals surface area contributed by atoms with E-state index in [0.717, 1.165) is 19.3 Å². The molecular weight excluding hydrogens is 476 g/mol. The Balaban J connectivity index is 1.60. The van der Waals surface area contributed by atoms with Crippen molar-refractivity contribution in [1.82, 2.24) is 0 Å². The highest BCUT2D eigenvalue weighted by Crippen LogP contribution is 2.47. The monoisotopic (exact) mass is 522 g/mol. The summed E-state index contributed by atoms with van der Waals surface area (Å²) in [4.78, 5) is 0. The van der Waals surface area contributed by atoms with Gasteiger partial charge in [-0.3, -0.25) is 0 Å². The van der Waals surface area contributed by atoms with E-state index in [9.17, 15) is 35.7 Å². The maximum absolute atomic E-state index is 10.6. The van der Waals surface area contributed by atoms with Crippen molar-refractivity contribution in [1.29, 1.82) is 0 Å². The molecule has 7 N–H and O–H groups in total. The van der Waals surface area contributed by atoms with Gasteiger partial charge in [0.05, 0.1) is 24.9 Å². The Morgan fingerprint density at radius 1 is 0.861 bits per heavy atom. The van der Waals surface area contributed by atoms with E-state index >= 15 is 0 Å². The lowest BCUT2D eigenvalue weighted by Crippen LogP contribution is -2.61. The fourth-order valence-corrected chi connectivity index (χ4v) is 6.07. The van der Waals surface area contributed by atoms with Crippen LogP contribution in [0.4, 0.5) is 0 Å². The van der Waals surface area contributed by atoms with Gasteiger partial charge in [0.15, 0.2) is 12.6 Å². The Labute approximate surface area is 212 Å². The first-order valence-electron chi connectivity index (χ1n) is 13.1. The fourth-order valence-electron chi connectivity index (χ4n) is 6.07. The minimum Gasteiger partial charge on any atom is -0.393 e. The predicted octanol–water partition coefficient (Wildman–Crippen LogP) is -0.743. The van der Waals surface area contributed by atoms with Gasteiger partial charge in [0.2, 0.25) is 0 Å². The molecule has 36 heavy (non-hydrogen) atoms. The highest BCUT2D eigenvalue weighted by molar-refractivity contribution is 4.94. The molecule has 3 aliphatic rings. The summed E-state index contributed by atoms with van der Waals surface area (Å²) < 4.78 is 22.9. The zero-order valence-corrected chi connectivity index (χ0v) is 21.9. The number of hydrogen-bond acceptors (Lipinski definition) is 11. The molecule has 11 heteroatoms. The Morgan fingerprint density at radius 3 is 2.08 bits per heavy atom. The molecule has 1 saturated carbocycles. The summed E-state index contributed by atoms with van der Waals surface area (Å²) in [6.07, 6.45) is -10.7. The van der Waals surface area contributed by atoms with E-state index in [1.54, 1.807) is 6.92 Å². The molecule has 0 aromatic carbocycles. The first-order chi connectivity index (χ1) is 16.7. The van der Waals surface area contributed by atoms with Gasteiger partial charge in [-0.05, 0) is 56.8 Å². The molecule has 0 amide bonds. The average Bonchev–Trinajstić information content (AvgIpc) is 2.79. The van der Waals surface area contributed by atoms with Gasteiger partial charge < -0.3 is 54.7 Å². The summed E-state index contributed by atoms with van der Waals surface area (Å²) in [6.45, 7) is 9.48.